The molecule has 1 amide bonds. The van der Waals surface area contributed by atoms with Gasteiger partial charge in [-0.3, -0.25) is 9.69 Å². The monoisotopic (exact) mass is 367 g/mol. The van der Waals surface area contributed by atoms with Crippen LogP contribution in [0.15, 0.2) is 9.64 Å². The maximum absolute atomic E-state index is 12.4. The Morgan fingerprint density at radius 1 is 1.20 bits per heavy atom. The summed E-state index contributed by atoms with van der Waals surface area (Å²) in [5, 5.41) is 0.601. The summed E-state index contributed by atoms with van der Waals surface area (Å²) in [6.07, 6.45) is 3.49. The molecule has 0 radical (unpaired) electrons. The number of aryl methyl sites for hydroxylation is 2. The summed E-state index contributed by atoms with van der Waals surface area (Å²) < 4.78 is 10.9. The molecule has 0 N–H and O–H groups in total. The molecule has 0 bridgehead atoms. The van der Waals surface area contributed by atoms with Crippen LogP contribution in [0, 0.1) is 19.8 Å². The Morgan fingerprint density at radius 2 is 1.92 bits per heavy atom. The van der Waals surface area contributed by atoms with Crippen LogP contribution in [0.1, 0.15) is 30.7 Å². The number of piperidine rings is 1. The first-order chi connectivity index (χ1) is 12.1. The Balaban J connectivity index is 1.34. The largest absolute Gasteiger partial charge is 0.437 e. The third-order valence-electron chi connectivity index (χ3n) is 5.25. The fourth-order valence-corrected chi connectivity index (χ4v) is 4.20. The smallest absolute Gasteiger partial charge is 0.256 e. The SMILES string of the molecule is Cc1nc(SCC(=O)N2CCC(CCN3CCOCC3)CC2)oc1C. The number of aromatic nitrogens is 1. The standard InChI is InChI=1S/C18H29N3O3S/c1-14-15(2)24-18(19-14)25-13-17(22)21-7-4-16(5-8-21)3-6-20-9-11-23-12-10-20/h16H,3-13H2,1-2H3. The lowest BCUT2D eigenvalue weighted by Gasteiger charge is -2.34. The van der Waals surface area contributed by atoms with Crippen LogP contribution in [0.3, 0.4) is 0 Å². The molecule has 2 aliphatic heterocycles. The first-order valence-corrected chi connectivity index (χ1v) is 10.2. The van der Waals surface area contributed by atoms with E-state index in [-0.39, 0.29) is 5.91 Å². The zero-order valence-electron chi connectivity index (χ0n) is 15.3. The number of hydrogen-bond acceptors (Lipinski definition) is 6. The van der Waals surface area contributed by atoms with E-state index in [2.05, 4.69) is 9.88 Å². The van der Waals surface area contributed by atoms with E-state index < -0.39 is 0 Å². The van der Waals surface area contributed by atoms with Crippen molar-refractivity contribution in [1.29, 1.82) is 0 Å². The van der Waals surface area contributed by atoms with Crippen LogP contribution in [-0.4, -0.2) is 72.4 Å². The highest BCUT2D eigenvalue weighted by Crippen LogP contribution is 2.24. The average Bonchev–Trinajstić information content (AvgIpc) is 2.97. The van der Waals surface area contributed by atoms with Gasteiger partial charge in [0.15, 0.2) is 0 Å². The number of ether oxygens (including phenoxy) is 1. The van der Waals surface area contributed by atoms with Gasteiger partial charge in [0.25, 0.3) is 5.22 Å². The second-order valence-corrected chi connectivity index (χ2v) is 7.90. The number of hydrogen-bond donors (Lipinski definition) is 0. The van der Waals surface area contributed by atoms with Gasteiger partial charge in [-0.15, -0.1) is 0 Å². The summed E-state index contributed by atoms with van der Waals surface area (Å²) in [5.41, 5.74) is 0.899. The molecule has 25 heavy (non-hydrogen) atoms. The summed E-state index contributed by atoms with van der Waals surface area (Å²) in [7, 11) is 0. The van der Waals surface area contributed by atoms with Crippen molar-refractivity contribution in [3.63, 3.8) is 0 Å². The lowest BCUT2D eigenvalue weighted by molar-refractivity contribution is -0.129. The van der Waals surface area contributed by atoms with Crippen molar-refractivity contribution in [3.8, 4) is 0 Å². The molecule has 0 atom stereocenters. The third kappa shape index (κ3) is 5.46. The van der Waals surface area contributed by atoms with E-state index in [1.54, 1.807) is 0 Å². The molecule has 0 saturated carbocycles. The van der Waals surface area contributed by atoms with E-state index in [9.17, 15) is 4.79 Å². The van der Waals surface area contributed by atoms with Crippen molar-refractivity contribution in [3.05, 3.63) is 11.5 Å². The molecule has 2 saturated heterocycles. The van der Waals surface area contributed by atoms with Gasteiger partial charge in [0.1, 0.15) is 5.76 Å². The summed E-state index contributed by atoms with van der Waals surface area (Å²) in [5.74, 6) is 2.19. The Kier molecular flexibility index (Phi) is 6.78. The van der Waals surface area contributed by atoms with E-state index in [1.807, 2.05) is 18.7 Å². The van der Waals surface area contributed by atoms with Crippen LogP contribution in [-0.2, 0) is 9.53 Å². The van der Waals surface area contributed by atoms with Crippen molar-refractivity contribution < 1.29 is 13.9 Å². The molecular formula is C18H29N3O3S. The van der Waals surface area contributed by atoms with Crippen LogP contribution < -0.4 is 0 Å². The molecular weight excluding hydrogens is 338 g/mol. The van der Waals surface area contributed by atoms with Crippen molar-refractivity contribution >= 4 is 17.7 Å². The molecule has 0 spiro atoms. The number of thioether (sulfide) groups is 1. The van der Waals surface area contributed by atoms with Crippen LogP contribution >= 0.6 is 11.8 Å². The van der Waals surface area contributed by atoms with Gasteiger partial charge in [0, 0.05) is 26.2 Å². The summed E-state index contributed by atoms with van der Waals surface area (Å²) >= 11 is 1.40. The summed E-state index contributed by atoms with van der Waals surface area (Å²) in [4.78, 5) is 21.2. The minimum absolute atomic E-state index is 0.199. The molecule has 6 nitrogen and oxygen atoms in total. The van der Waals surface area contributed by atoms with Gasteiger partial charge in [-0.25, -0.2) is 4.98 Å². The number of likely N-dealkylation sites (tertiary alicyclic amines) is 1. The van der Waals surface area contributed by atoms with Crippen LogP contribution in [0.2, 0.25) is 0 Å². The van der Waals surface area contributed by atoms with Gasteiger partial charge in [0.05, 0.1) is 24.7 Å². The lowest BCUT2D eigenvalue weighted by Crippen LogP contribution is -2.41. The number of carbonyl (C=O) groups is 1. The van der Waals surface area contributed by atoms with Gasteiger partial charge in [-0.2, -0.15) is 0 Å². The maximum Gasteiger partial charge on any atom is 0.256 e. The van der Waals surface area contributed by atoms with Crippen LogP contribution in [0.25, 0.3) is 0 Å². The zero-order valence-corrected chi connectivity index (χ0v) is 16.1. The van der Waals surface area contributed by atoms with Gasteiger partial charge < -0.3 is 14.1 Å². The molecule has 3 heterocycles. The highest BCUT2D eigenvalue weighted by Gasteiger charge is 2.24. The van der Waals surface area contributed by atoms with Crippen molar-refractivity contribution in [2.75, 3.05) is 51.7 Å². The van der Waals surface area contributed by atoms with Gasteiger partial charge in [0.2, 0.25) is 5.91 Å². The van der Waals surface area contributed by atoms with Crippen molar-refractivity contribution in [2.45, 2.75) is 38.3 Å². The Bertz CT molecular complexity index is 544. The molecule has 2 fully saturated rings. The maximum atomic E-state index is 12.4. The number of rotatable bonds is 6. The quantitative estimate of drug-likeness (QED) is 0.720. The predicted molar refractivity (Wildman–Crippen MR) is 97.9 cm³/mol. The topological polar surface area (TPSA) is 58.8 Å². The van der Waals surface area contributed by atoms with E-state index >= 15 is 0 Å². The molecule has 1 aromatic heterocycles. The highest BCUT2D eigenvalue weighted by atomic mass is 32.2. The molecule has 3 rings (SSSR count). The van der Waals surface area contributed by atoms with Crippen LogP contribution in [0.5, 0.6) is 0 Å². The molecule has 0 aromatic carbocycles. The lowest BCUT2D eigenvalue weighted by atomic mass is 9.93. The molecule has 7 heteroatoms. The Hall–Kier alpha value is -1.05. The van der Waals surface area contributed by atoms with Crippen molar-refractivity contribution in [1.82, 2.24) is 14.8 Å². The highest BCUT2D eigenvalue weighted by molar-refractivity contribution is 7.99. The molecule has 1 aromatic rings. The summed E-state index contributed by atoms with van der Waals surface area (Å²) in [6, 6.07) is 0. The second kappa shape index (κ2) is 9.05. The van der Waals surface area contributed by atoms with Gasteiger partial charge >= 0.3 is 0 Å². The van der Waals surface area contributed by atoms with Gasteiger partial charge in [-0.05, 0) is 45.6 Å². The number of amides is 1. The minimum Gasteiger partial charge on any atom is -0.437 e. The zero-order chi connectivity index (χ0) is 17.6. The van der Waals surface area contributed by atoms with E-state index in [4.69, 9.17) is 9.15 Å². The Labute approximate surface area is 154 Å². The van der Waals surface area contributed by atoms with Gasteiger partial charge in [-0.1, -0.05) is 11.8 Å². The number of morpholine rings is 1. The van der Waals surface area contributed by atoms with Crippen LogP contribution in [0.4, 0.5) is 0 Å². The van der Waals surface area contributed by atoms with E-state index in [0.717, 1.165) is 69.6 Å². The molecule has 140 valence electrons. The normalized spacial score (nSPS) is 20.2. The van der Waals surface area contributed by atoms with E-state index in [1.165, 1.54) is 24.7 Å². The summed E-state index contributed by atoms with van der Waals surface area (Å²) in [6.45, 7) is 10.6. The first kappa shape index (κ1) is 18.7. The second-order valence-electron chi connectivity index (χ2n) is 6.98. The fourth-order valence-electron chi connectivity index (χ4n) is 3.38. The molecule has 0 unspecified atom stereocenters. The average molecular weight is 368 g/mol. The predicted octanol–water partition coefficient (Wildman–Crippen LogP) is 2.34. The fraction of sp³-hybridized carbons (Fsp3) is 0.778. The van der Waals surface area contributed by atoms with E-state index in [0.29, 0.717) is 11.0 Å². The minimum atomic E-state index is 0.199. The number of oxazole rings is 1. The first-order valence-electron chi connectivity index (χ1n) is 9.26. The Morgan fingerprint density at radius 3 is 2.56 bits per heavy atom. The number of carbonyl (C=O) groups excluding carboxylic acids is 1. The number of nitrogens with zero attached hydrogens (tertiary/aromatic N) is 3. The third-order valence-corrected chi connectivity index (χ3v) is 6.07. The molecule has 2 aliphatic rings. The van der Waals surface area contributed by atoms with Crippen molar-refractivity contribution in [2.24, 2.45) is 5.92 Å². The molecule has 0 aliphatic carbocycles.